The van der Waals surface area contributed by atoms with Crippen molar-refractivity contribution in [2.24, 2.45) is 5.73 Å². The van der Waals surface area contributed by atoms with E-state index in [1.165, 1.54) is 23.1 Å². The number of anilines is 1. The second-order valence-corrected chi connectivity index (χ2v) is 13.7. The summed E-state index contributed by atoms with van der Waals surface area (Å²) in [6.45, 7) is 2.40. The highest BCUT2D eigenvalue weighted by Gasteiger charge is 2.50. The molecule has 0 radical (unpaired) electrons. The van der Waals surface area contributed by atoms with Gasteiger partial charge in [-0.2, -0.15) is 5.26 Å². The molecule has 1 aliphatic carbocycles. The fourth-order valence-corrected chi connectivity index (χ4v) is 7.65. The standard InChI is InChI=1S/C36H34ClFN8O6/c37-26-17-24(5-1-20(26)18-39)52-23-6-3-22(4-7-23)45-30(47)12-10-28(35(45)50)46-34(49)25-8-2-21(32(38)31(25)36(46)51)19-43-13-15-44(16-14-43)29-11-9-27(33(40)48)41-42-29/h1-2,5,8-9,11,17,22-23,28H,3-4,6-7,10,12-16,19H2,(H2,40,48). The van der Waals surface area contributed by atoms with E-state index in [4.69, 9.17) is 27.3 Å². The number of carbonyl (C=O) groups excluding carboxylic acids is 5. The van der Waals surface area contributed by atoms with Crippen LogP contribution < -0.4 is 15.4 Å². The lowest BCUT2D eigenvalue weighted by Crippen LogP contribution is -2.59. The molecule has 1 saturated carbocycles. The summed E-state index contributed by atoms with van der Waals surface area (Å²) in [7, 11) is 0. The van der Waals surface area contributed by atoms with Crippen LogP contribution in [0.2, 0.25) is 5.02 Å². The van der Waals surface area contributed by atoms with Gasteiger partial charge in [-0.05, 0) is 62.4 Å². The number of piperazine rings is 1. The zero-order valence-electron chi connectivity index (χ0n) is 28.0. The summed E-state index contributed by atoms with van der Waals surface area (Å²) in [4.78, 5) is 71.6. The number of likely N-dealkylation sites (tertiary alicyclic amines) is 1. The van der Waals surface area contributed by atoms with Crippen LogP contribution in [-0.2, 0) is 16.1 Å². The van der Waals surface area contributed by atoms with Crippen LogP contribution in [0.1, 0.15) is 80.9 Å². The van der Waals surface area contributed by atoms with Crippen molar-refractivity contribution in [1.29, 1.82) is 5.26 Å². The Morgan fingerprint density at radius 3 is 2.35 bits per heavy atom. The van der Waals surface area contributed by atoms with Crippen molar-refractivity contribution in [3.05, 3.63) is 81.3 Å². The van der Waals surface area contributed by atoms with Gasteiger partial charge in [0.15, 0.2) is 11.5 Å². The molecule has 16 heteroatoms. The average Bonchev–Trinajstić information content (AvgIpc) is 3.39. The second kappa shape index (κ2) is 14.3. The lowest BCUT2D eigenvalue weighted by atomic mass is 9.89. The number of hydrogen-bond acceptors (Lipinski definition) is 11. The number of rotatable bonds is 8. The molecule has 0 spiro atoms. The molecule has 268 valence electrons. The molecule has 3 aromatic rings. The number of primary amides is 1. The Morgan fingerprint density at radius 1 is 0.942 bits per heavy atom. The van der Waals surface area contributed by atoms with Crippen LogP contribution in [0, 0.1) is 17.1 Å². The third kappa shape index (κ3) is 6.55. The molecule has 7 rings (SSSR count). The quantitative estimate of drug-likeness (QED) is 0.337. The van der Waals surface area contributed by atoms with E-state index >= 15 is 4.39 Å². The number of halogens is 2. The summed E-state index contributed by atoms with van der Waals surface area (Å²) in [6, 6.07) is 11.3. The number of hydrogen-bond donors (Lipinski definition) is 1. The van der Waals surface area contributed by atoms with Crippen LogP contribution in [-0.4, -0.2) is 98.8 Å². The van der Waals surface area contributed by atoms with Gasteiger partial charge < -0.3 is 15.4 Å². The predicted molar refractivity (Wildman–Crippen MR) is 183 cm³/mol. The second-order valence-electron chi connectivity index (χ2n) is 13.3. The van der Waals surface area contributed by atoms with Gasteiger partial charge in [0.25, 0.3) is 23.6 Å². The first kappa shape index (κ1) is 35.0. The summed E-state index contributed by atoms with van der Waals surface area (Å²) in [5.74, 6) is -3.01. The number of nitriles is 1. The van der Waals surface area contributed by atoms with Crippen LogP contribution in [0.5, 0.6) is 5.75 Å². The lowest BCUT2D eigenvalue weighted by Gasteiger charge is -2.41. The van der Waals surface area contributed by atoms with E-state index in [0.29, 0.717) is 69.0 Å². The van der Waals surface area contributed by atoms with Crippen molar-refractivity contribution in [2.75, 3.05) is 31.1 Å². The van der Waals surface area contributed by atoms with Crippen molar-refractivity contribution in [3.63, 3.8) is 0 Å². The van der Waals surface area contributed by atoms with Gasteiger partial charge in [0.05, 0.1) is 27.8 Å². The molecule has 1 atom stereocenters. The van der Waals surface area contributed by atoms with Crippen molar-refractivity contribution in [3.8, 4) is 11.8 Å². The van der Waals surface area contributed by atoms with E-state index < -0.39 is 41.5 Å². The Labute approximate surface area is 302 Å². The van der Waals surface area contributed by atoms with E-state index in [-0.39, 0.29) is 58.8 Å². The minimum absolute atomic E-state index is 0.0358. The van der Waals surface area contributed by atoms with Crippen molar-refractivity contribution >= 4 is 47.0 Å². The molecule has 0 bridgehead atoms. The molecular weight excluding hydrogens is 695 g/mol. The fourth-order valence-electron chi connectivity index (χ4n) is 7.44. The smallest absolute Gasteiger partial charge is 0.269 e. The number of benzene rings is 2. The first-order valence-electron chi connectivity index (χ1n) is 17.1. The first-order chi connectivity index (χ1) is 25.0. The van der Waals surface area contributed by atoms with E-state index in [0.717, 1.165) is 4.90 Å². The fraction of sp³-hybridized carbons (Fsp3) is 0.389. The largest absolute Gasteiger partial charge is 0.490 e. The molecule has 4 aliphatic rings. The summed E-state index contributed by atoms with van der Waals surface area (Å²) in [5.41, 5.74) is 5.43. The highest BCUT2D eigenvalue weighted by Crippen LogP contribution is 2.35. The molecule has 14 nitrogen and oxygen atoms in total. The number of nitrogens with zero attached hydrogens (tertiary/aromatic N) is 7. The highest BCUT2D eigenvalue weighted by atomic mass is 35.5. The number of amides is 5. The van der Waals surface area contributed by atoms with Crippen LogP contribution >= 0.6 is 11.6 Å². The Kier molecular flexibility index (Phi) is 9.60. The molecule has 2 N–H and O–H groups in total. The Hall–Kier alpha value is -5.46. The highest BCUT2D eigenvalue weighted by molar-refractivity contribution is 6.31. The Bertz CT molecular complexity index is 2010. The van der Waals surface area contributed by atoms with Gasteiger partial charge in [-0.1, -0.05) is 17.7 Å². The zero-order valence-corrected chi connectivity index (χ0v) is 28.7. The number of imide groups is 2. The Morgan fingerprint density at radius 2 is 1.69 bits per heavy atom. The van der Waals surface area contributed by atoms with Crippen molar-refractivity contribution in [2.45, 2.75) is 63.3 Å². The minimum Gasteiger partial charge on any atom is -0.490 e. The number of carbonyl (C=O) groups is 5. The molecule has 52 heavy (non-hydrogen) atoms. The van der Waals surface area contributed by atoms with Crippen LogP contribution in [0.25, 0.3) is 0 Å². The van der Waals surface area contributed by atoms with Gasteiger partial charge in [0.2, 0.25) is 5.91 Å². The normalized spacial score (nSPS) is 22.4. The van der Waals surface area contributed by atoms with E-state index in [9.17, 15) is 24.0 Å². The van der Waals surface area contributed by atoms with Crippen molar-refractivity contribution in [1.82, 2.24) is 24.9 Å². The monoisotopic (exact) mass is 728 g/mol. The number of nitrogens with two attached hydrogens (primary N) is 1. The van der Waals surface area contributed by atoms with E-state index in [2.05, 4.69) is 10.2 Å². The number of piperidine rings is 1. The van der Waals surface area contributed by atoms with Gasteiger partial charge in [-0.25, -0.2) is 4.39 Å². The van der Waals surface area contributed by atoms with Crippen molar-refractivity contribution < 1.29 is 33.1 Å². The lowest BCUT2D eigenvalue weighted by molar-refractivity contribution is -0.155. The molecule has 4 heterocycles. The maximum atomic E-state index is 16.0. The first-order valence-corrected chi connectivity index (χ1v) is 17.4. The molecule has 2 saturated heterocycles. The van der Waals surface area contributed by atoms with Crippen LogP contribution in [0.15, 0.2) is 42.5 Å². The van der Waals surface area contributed by atoms with Gasteiger partial charge in [0, 0.05) is 56.8 Å². The molecule has 1 unspecified atom stereocenters. The Balaban J connectivity index is 0.984. The third-order valence-corrected chi connectivity index (χ3v) is 10.5. The SMILES string of the molecule is N#Cc1ccc(OC2CCC(N3C(=O)CCC(N4C(=O)c5ccc(CN6CCN(c7ccc(C(N)=O)nn7)CC6)c(F)c5C4=O)C3=O)CC2)cc1Cl. The van der Waals surface area contributed by atoms with E-state index in [1.807, 2.05) is 15.9 Å². The average molecular weight is 729 g/mol. The van der Waals surface area contributed by atoms with Gasteiger partial charge >= 0.3 is 0 Å². The molecule has 3 fully saturated rings. The predicted octanol–water partition coefficient (Wildman–Crippen LogP) is 3.07. The summed E-state index contributed by atoms with van der Waals surface area (Å²) >= 11 is 6.14. The van der Waals surface area contributed by atoms with Gasteiger partial charge in [-0.3, -0.25) is 38.7 Å². The topological polar surface area (TPSA) is 183 Å². The molecule has 5 amide bonds. The van der Waals surface area contributed by atoms with Gasteiger partial charge in [-0.15, -0.1) is 10.2 Å². The number of aromatic nitrogens is 2. The summed E-state index contributed by atoms with van der Waals surface area (Å²) in [6.07, 6.45) is 1.73. The summed E-state index contributed by atoms with van der Waals surface area (Å²) in [5, 5.41) is 17.3. The summed E-state index contributed by atoms with van der Waals surface area (Å²) < 4.78 is 22.1. The zero-order chi connectivity index (χ0) is 36.7. The maximum Gasteiger partial charge on any atom is 0.269 e. The van der Waals surface area contributed by atoms with E-state index in [1.54, 1.807) is 24.3 Å². The number of fused-ring (bicyclic) bond motifs is 1. The molecule has 3 aliphatic heterocycles. The van der Waals surface area contributed by atoms with Crippen LogP contribution in [0.4, 0.5) is 10.2 Å². The molecule has 1 aromatic heterocycles. The van der Waals surface area contributed by atoms with Crippen LogP contribution in [0.3, 0.4) is 0 Å². The minimum atomic E-state index is -1.23. The molecular formula is C36H34ClFN8O6. The van der Waals surface area contributed by atoms with Gasteiger partial charge in [0.1, 0.15) is 23.7 Å². The molecule has 2 aromatic carbocycles. The third-order valence-electron chi connectivity index (χ3n) is 10.2. The maximum absolute atomic E-state index is 16.0. The number of ether oxygens (including phenoxy) is 1.